The van der Waals surface area contributed by atoms with Crippen LogP contribution in [0.4, 0.5) is 0 Å². The second kappa shape index (κ2) is 11.7. The number of aryl methyl sites for hydroxylation is 1. The monoisotopic (exact) mass is 475 g/mol. The van der Waals surface area contributed by atoms with E-state index >= 15 is 0 Å². The van der Waals surface area contributed by atoms with Crippen LogP contribution in [0.1, 0.15) is 41.6 Å². The van der Waals surface area contributed by atoms with Crippen LogP contribution >= 0.6 is 0 Å². The number of allylic oxidation sites excluding steroid dienone is 1. The van der Waals surface area contributed by atoms with Crippen LogP contribution in [0.15, 0.2) is 66.7 Å². The summed E-state index contributed by atoms with van der Waals surface area (Å²) in [5, 5.41) is 5.91. The predicted octanol–water partition coefficient (Wildman–Crippen LogP) is 3.11. The van der Waals surface area contributed by atoms with Crippen LogP contribution in [0.2, 0.25) is 0 Å². The number of benzene rings is 2. The van der Waals surface area contributed by atoms with Crippen molar-refractivity contribution in [3.05, 3.63) is 77.9 Å². The lowest BCUT2D eigenvalue weighted by Gasteiger charge is -2.40. The Morgan fingerprint density at radius 2 is 1.69 bits per heavy atom. The third-order valence-corrected chi connectivity index (χ3v) is 6.86. The molecule has 0 radical (unpaired) electrons. The van der Waals surface area contributed by atoms with Crippen LogP contribution in [0.25, 0.3) is 0 Å². The first-order valence-corrected chi connectivity index (χ1v) is 12.3. The number of hydrogen-bond acceptors (Lipinski definition) is 4. The molecule has 2 aromatic carbocycles. The summed E-state index contributed by atoms with van der Waals surface area (Å²) in [5.74, 6) is 0.438. The van der Waals surface area contributed by atoms with Crippen molar-refractivity contribution in [1.29, 1.82) is 0 Å². The van der Waals surface area contributed by atoms with Crippen molar-refractivity contribution in [2.45, 2.75) is 32.1 Å². The number of hydrogen-bond donors (Lipinski definition) is 2. The zero-order chi connectivity index (χ0) is 24.5. The Labute approximate surface area is 206 Å². The van der Waals surface area contributed by atoms with Gasteiger partial charge in [0.2, 0.25) is 11.8 Å². The van der Waals surface area contributed by atoms with E-state index in [-0.39, 0.29) is 24.3 Å². The summed E-state index contributed by atoms with van der Waals surface area (Å²) in [6.07, 6.45) is 6.84. The fourth-order valence-electron chi connectivity index (χ4n) is 4.69. The molecule has 2 aliphatic rings. The van der Waals surface area contributed by atoms with E-state index in [2.05, 4.69) is 10.6 Å². The number of amides is 3. The van der Waals surface area contributed by atoms with Gasteiger partial charge in [-0.05, 0) is 43.4 Å². The van der Waals surface area contributed by atoms with E-state index in [9.17, 15) is 14.4 Å². The molecule has 0 aromatic heterocycles. The molecule has 7 heteroatoms. The fourth-order valence-corrected chi connectivity index (χ4v) is 4.69. The molecule has 7 nitrogen and oxygen atoms in total. The maximum absolute atomic E-state index is 13.3. The molecule has 2 heterocycles. The lowest BCUT2D eigenvalue weighted by Crippen LogP contribution is -2.50. The lowest BCUT2D eigenvalue weighted by molar-refractivity contribution is -0.140. The van der Waals surface area contributed by atoms with Crippen molar-refractivity contribution < 1.29 is 19.1 Å². The molecule has 1 fully saturated rings. The summed E-state index contributed by atoms with van der Waals surface area (Å²) < 4.78 is 5.79. The van der Waals surface area contributed by atoms with E-state index in [4.69, 9.17) is 4.74 Å². The van der Waals surface area contributed by atoms with E-state index in [0.29, 0.717) is 63.2 Å². The van der Waals surface area contributed by atoms with E-state index < -0.39 is 5.41 Å². The third-order valence-electron chi connectivity index (χ3n) is 6.86. The number of fused-ring (bicyclic) bond motifs is 1. The van der Waals surface area contributed by atoms with Gasteiger partial charge in [-0.25, -0.2) is 0 Å². The van der Waals surface area contributed by atoms with Gasteiger partial charge in [0.25, 0.3) is 5.91 Å². The largest absolute Gasteiger partial charge is 0.491 e. The van der Waals surface area contributed by atoms with Crippen LogP contribution in [0.5, 0.6) is 5.75 Å². The van der Waals surface area contributed by atoms with E-state index in [0.717, 1.165) is 12.0 Å². The van der Waals surface area contributed by atoms with Crippen molar-refractivity contribution >= 4 is 17.7 Å². The molecule has 1 saturated heterocycles. The van der Waals surface area contributed by atoms with Gasteiger partial charge in [0, 0.05) is 26.1 Å². The fraction of sp³-hybridized carbons (Fsp3) is 0.393. The highest BCUT2D eigenvalue weighted by Crippen LogP contribution is 2.36. The minimum absolute atomic E-state index is 0.00323. The standard InChI is InChI=1S/C28H33N3O4/c32-25(13-12-22-8-2-1-3-9-22)31-19-15-28(16-20-31)14-6-7-17-29-26(33)23-10-4-5-11-24(23)35-21-18-30-27(28)34/h1-11H,12-21H2,(H,29,33)(H,30,34)/b7-6+. The van der Waals surface area contributed by atoms with E-state index in [1.807, 2.05) is 53.5 Å². The Balaban J connectivity index is 1.37. The molecule has 2 N–H and O–H groups in total. The van der Waals surface area contributed by atoms with Gasteiger partial charge in [-0.2, -0.15) is 0 Å². The van der Waals surface area contributed by atoms with Crippen molar-refractivity contribution in [1.82, 2.24) is 15.5 Å². The topological polar surface area (TPSA) is 87.7 Å². The summed E-state index contributed by atoms with van der Waals surface area (Å²) in [6.45, 7) is 2.12. The van der Waals surface area contributed by atoms with Crippen LogP contribution in [0.3, 0.4) is 0 Å². The van der Waals surface area contributed by atoms with Gasteiger partial charge in [0.15, 0.2) is 0 Å². The number of rotatable bonds is 3. The Kier molecular flexibility index (Phi) is 8.19. The summed E-state index contributed by atoms with van der Waals surface area (Å²) in [5.41, 5.74) is 1.06. The molecule has 0 aliphatic carbocycles. The Hall–Kier alpha value is -3.61. The molecule has 0 unspecified atom stereocenters. The van der Waals surface area contributed by atoms with Crippen molar-refractivity contribution in [2.75, 3.05) is 32.8 Å². The average Bonchev–Trinajstić information content (AvgIpc) is 2.90. The highest BCUT2D eigenvalue weighted by molar-refractivity contribution is 5.97. The smallest absolute Gasteiger partial charge is 0.255 e. The molecular weight excluding hydrogens is 442 g/mol. The maximum Gasteiger partial charge on any atom is 0.255 e. The minimum Gasteiger partial charge on any atom is -0.491 e. The first kappa shape index (κ1) is 24.5. The van der Waals surface area contributed by atoms with Gasteiger partial charge in [-0.1, -0.05) is 54.6 Å². The number of nitrogens with zero attached hydrogens (tertiary/aromatic N) is 1. The molecule has 2 aliphatic heterocycles. The summed E-state index contributed by atoms with van der Waals surface area (Å²) in [6, 6.07) is 17.1. The quantitative estimate of drug-likeness (QED) is 0.668. The van der Waals surface area contributed by atoms with Crippen LogP contribution < -0.4 is 15.4 Å². The van der Waals surface area contributed by atoms with Crippen LogP contribution in [0, 0.1) is 5.41 Å². The van der Waals surface area contributed by atoms with Gasteiger partial charge in [0.05, 0.1) is 17.5 Å². The zero-order valence-corrected chi connectivity index (χ0v) is 20.0. The Morgan fingerprint density at radius 1 is 0.943 bits per heavy atom. The van der Waals surface area contributed by atoms with Gasteiger partial charge in [0.1, 0.15) is 12.4 Å². The second-order valence-corrected chi connectivity index (χ2v) is 9.13. The molecule has 1 spiro atoms. The van der Waals surface area contributed by atoms with Crippen molar-refractivity contribution in [3.8, 4) is 5.75 Å². The van der Waals surface area contributed by atoms with Crippen molar-refractivity contribution in [3.63, 3.8) is 0 Å². The molecule has 184 valence electrons. The molecule has 0 bridgehead atoms. The van der Waals surface area contributed by atoms with Gasteiger partial charge in [-0.3, -0.25) is 14.4 Å². The first-order valence-electron chi connectivity index (χ1n) is 12.3. The summed E-state index contributed by atoms with van der Waals surface area (Å²) >= 11 is 0. The Bertz CT molecular complexity index is 1060. The molecule has 2 aromatic rings. The van der Waals surface area contributed by atoms with Crippen LogP contribution in [-0.4, -0.2) is 55.4 Å². The first-order chi connectivity index (χ1) is 17.1. The SMILES string of the molecule is O=C1NC/C=C/CC2(CCN(C(=O)CCc3ccccc3)CC2)C(=O)NCCOc2ccccc21. The predicted molar refractivity (Wildman–Crippen MR) is 134 cm³/mol. The van der Waals surface area contributed by atoms with Gasteiger partial charge in [-0.15, -0.1) is 0 Å². The number of likely N-dealkylation sites (tertiary alicyclic amines) is 1. The van der Waals surface area contributed by atoms with Crippen LogP contribution in [-0.2, 0) is 16.0 Å². The minimum atomic E-state index is -0.571. The summed E-state index contributed by atoms with van der Waals surface area (Å²) in [7, 11) is 0. The molecule has 3 amide bonds. The molecule has 0 atom stereocenters. The van der Waals surface area contributed by atoms with E-state index in [1.54, 1.807) is 18.2 Å². The normalized spacial score (nSPS) is 19.5. The number of carbonyl (C=O) groups excluding carboxylic acids is 3. The Morgan fingerprint density at radius 3 is 2.49 bits per heavy atom. The maximum atomic E-state index is 13.3. The molecule has 0 saturated carbocycles. The number of carbonyl (C=O) groups is 3. The second-order valence-electron chi connectivity index (χ2n) is 9.13. The highest BCUT2D eigenvalue weighted by atomic mass is 16.5. The zero-order valence-electron chi connectivity index (χ0n) is 20.0. The molecular formula is C28H33N3O4. The number of para-hydroxylation sites is 1. The van der Waals surface area contributed by atoms with Gasteiger partial charge < -0.3 is 20.3 Å². The summed E-state index contributed by atoms with van der Waals surface area (Å²) in [4.78, 5) is 40.5. The van der Waals surface area contributed by atoms with E-state index in [1.165, 1.54) is 0 Å². The van der Waals surface area contributed by atoms with Crippen molar-refractivity contribution in [2.24, 2.45) is 5.41 Å². The highest BCUT2D eigenvalue weighted by Gasteiger charge is 2.41. The lowest BCUT2D eigenvalue weighted by atomic mass is 9.74. The number of piperidine rings is 1. The number of nitrogens with one attached hydrogen (secondary N) is 2. The molecule has 35 heavy (non-hydrogen) atoms. The van der Waals surface area contributed by atoms with Gasteiger partial charge >= 0.3 is 0 Å². The number of ether oxygens (including phenoxy) is 1. The third kappa shape index (κ3) is 6.29. The molecule has 4 rings (SSSR count). The average molecular weight is 476 g/mol.